The molecule has 334 valence electrons. The topological polar surface area (TPSA) is 163 Å². The summed E-state index contributed by atoms with van der Waals surface area (Å²) < 4.78 is 38.7. The maximum atomic E-state index is 13.5. The first-order chi connectivity index (χ1) is 30.6. The van der Waals surface area contributed by atoms with Crippen molar-refractivity contribution in [2.75, 3.05) is 13.1 Å². The van der Waals surface area contributed by atoms with Crippen molar-refractivity contribution in [3.63, 3.8) is 0 Å². The van der Waals surface area contributed by atoms with E-state index in [1.807, 2.05) is 36.4 Å². The zero-order chi connectivity index (χ0) is 45.3. The number of likely N-dealkylation sites (tertiary alicyclic amines) is 2. The van der Waals surface area contributed by atoms with E-state index in [2.05, 4.69) is 26.5 Å². The fraction of sp³-hybridized carbons (Fsp3) is 0.420. The molecule has 4 N–H and O–H groups in total. The number of carbonyl (C=O) groups excluding carboxylic acids is 2. The molecule has 0 bridgehead atoms. The smallest absolute Gasteiger partial charge is 0.416 e. The maximum Gasteiger partial charge on any atom is 0.416 e. The van der Waals surface area contributed by atoms with Crippen LogP contribution in [-0.4, -0.2) is 68.9 Å². The number of hydrogen-bond donors (Lipinski definition) is 4. The van der Waals surface area contributed by atoms with Crippen LogP contribution in [0.2, 0.25) is 0 Å². The zero-order valence-corrected chi connectivity index (χ0v) is 35.5. The van der Waals surface area contributed by atoms with Gasteiger partial charge in [-0.3, -0.25) is 19.4 Å². The average molecular weight is 876 g/mol. The fourth-order valence-electron chi connectivity index (χ4n) is 9.41. The highest BCUT2D eigenvalue weighted by Crippen LogP contribution is 2.56. The lowest BCUT2D eigenvalue weighted by molar-refractivity contribution is -0.137. The summed E-state index contributed by atoms with van der Waals surface area (Å²) in [6.45, 7) is 2.72. The second kappa shape index (κ2) is 17.9. The Balaban J connectivity index is 0.000000176. The number of alkyl halides is 3. The van der Waals surface area contributed by atoms with Gasteiger partial charge in [-0.25, -0.2) is 9.59 Å². The number of amides is 2. The molecule has 2 unspecified atom stereocenters. The van der Waals surface area contributed by atoms with E-state index in [0.717, 1.165) is 118 Å². The van der Waals surface area contributed by atoms with E-state index in [0.29, 0.717) is 18.7 Å². The summed E-state index contributed by atoms with van der Waals surface area (Å²) in [6, 6.07) is 27.8. The number of nitriles is 1. The summed E-state index contributed by atoms with van der Waals surface area (Å²) in [6.07, 6.45) is 5.88. The SMILES string of the molecule is N#Cc1ccc(CN2CCCCC2C(=O)NC2(c3ccc(C(=O)O)cc3)CC2)cc1.O=C(O)c1ccc(C2(NC(=O)C3CC4(CCN3Cc3ccc(C(F)(F)F)cc3)CC4)CC2)cc1. The Morgan fingerprint density at radius 2 is 1.09 bits per heavy atom. The fourth-order valence-corrected chi connectivity index (χ4v) is 9.41. The molecular weight excluding hydrogens is 824 g/mol. The van der Waals surface area contributed by atoms with Gasteiger partial charge in [-0.15, -0.1) is 0 Å². The largest absolute Gasteiger partial charge is 0.478 e. The van der Waals surface area contributed by atoms with Gasteiger partial charge in [0.1, 0.15) is 0 Å². The highest BCUT2D eigenvalue weighted by molar-refractivity contribution is 5.88. The highest BCUT2D eigenvalue weighted by Gasteiger charge is 2.53. The minimum Gasteiger partial charge on any atom is -0.478 e. The van der Waals surface area contributed by atoms with Crippen molar-refractivity contribution in [2.24, 2.45) is 5.41 Å². The lowest BCUT2D eigenvalue weighted by Gasteiger charge is -2.39. The number of halogens is 3. The Labute approximate surface area is 370 Å². The number of aromatic carboxylic acids is 2. The van der Waals surface area contributed by atoms with Crippen LogP contribution in [0.25, 0.3) is 0 Å². The Hall–Kier alpha value is -6.04. The van der Waals surface area contributed by atoms with E-state index in [1.165, 1.54) is 12.1 Å². The first-order valence-corrected chi connectivity index (χ1v) is 22.1. The third kappa shape index (κ3) is 10.2. The molecule has 64 heavy (non-hydrogen) atoms. The third-order valence-corrected chi connectivity index (χ3v) is 13.9. The molecule has 5 aliphatic rings. The van der Waals surface area contributed by atoms with Crippen molar-refractivity contribution >= 4 is 23.8 Å². The lowest BCUT2D eigenvalue weighted by atomic mass is 9.86. The van der Waals surface area contributed by atoms with Crippen molar-refractivity contribution in [1.29, 1.82) is 5.26 Å². The van der Waals surface area contributed by atoms with Crippen molar-refractivity contribution in [3.05, 3.63) is 142 Å². The van der Waals surface area contributed by atoms with Crippen molar-refractivity contribution in [1.82, 2.24) is 20.4 Å². The van der Waals surface area contributed by atoms with E-state index in [1.54, 1.807) is 36.4 Å². The van der Waals surface area contributed by atoms with Crippen LogP contribution in [0.5, 0.6) is 0 Å². The number of carboxylic acids is 2. The Morgan fingerprint density at radius 1 is 0.625 bits per heavy atom. The Kier molecular flexibility index (Phi) is 12.4. The van der Waals surface area contributed by atoms with Crippen molar-refractivity contribution < 1.29 is 42.6 Å². The van der Waals surface area contributed by atoms with E-state index >= 15 is 0 Å². The molecule has 4 aromatic carbocycles. The second-order valence-corrected chi connectivity index (χ2v) is 18.3. The van der Waals surface area contributed by atoms with Crippen LogP contribution < -0.4 is 10.6 Å². The highest BCUT2D eigenvalue weighted by atomic mass is 19.4. The molecule has 1 spiro atoms. The monoisotopic (exact) mass is 875 g/mol. The summed E-state index contributed by atoms with van der Waals surface area (Å²) >= 11 is 0. The van der Waals surface area contributed by atoms with Gasteiger partial charge in [0, 0.05) is 13.1 Å². The van der Waals surface area contributed by atoms with Crippen LogP contribution in [-0.2, 0) is 39.9 Å². The molecule has 3 saturated carbocycles. The van der Waals surface area contributed by atoms with Gasteiger partial charge in [-0.2, -0.15) is 18.4 Å². The molecule has 3 aliphatic carbocycles. The average Bonchev–Trinajstić information content (AvgIpc) is 4.22. The van der Waals surface area contributed by atoms with Crippen molar-refractivity contribution in [2.45, 2.75) is 113 Å². The molecule has 5 fully saturated rings. The lowest BCUT2D eigenvalue weighted by Crippen LogP contribution is -2.53. The van der Waals surface area contributed by atoms with Crippen LogP contribution in [0.15, 0.2) is 97.1 Å². The third-order valence-electron chi connectivity index (χ3n) is 13.9. The molecule has 2 heterocycles. The Bertz CT molecular complexity index is 2400. The number of hydrogen-bond acceptors (Lipinski definition) is 7. The van der Waals surface area contributed by atoms with E-state index in [-0.39, 0.29) is 46.0 Å². The summed E-state index contributed by atoms with van der Waals surface area (Å²) in [5, 5.41) is 33.7. The predicted octanol–water partition coefficient (Wildman–Crippen LogP) is 8.37. The first kappa shape index (κ1) is 44.6. The molecule has 9 rings (SSSR count). The van der Waals surface area contributed by atoms with E-state index in [4.69, 9.17) is 15.5 Å². The molecule has 4 aromatic rings. The number of nitrogens with zero attached hydrogens (tertiary/aromatic N) is 3. The molecule has 2 saturated heterocycles. The number of nitrogens with one attached hydrogen (secondary N) is 2. The summed E-state index contributed by atoms with van der Waals surface area (Å²) in [5.41, 5.74) is 3.52. The van der Waals surface area contributed by atoms with Crippen LogP contribution in [0.1, 0.15) is 125 Å². The van der Waals surface area contributed by atoms with Crippen LogP contribution in [0.3, 0.4) is 0 Å². The number of carbonyl (C=O) groups is 4. The minimum atomic E-state index is -4.37. The van der Waals surface area contributed by atoms with Crippen LogP contribution >= 0.6 is 0 Å². The molecule has 0 radical (unpaired) electrons. The standard InChI is InChI=1S/C26H27F3N2O3.C24H25N3O3/c27-26(28,29)20-5-1-17(2-6-20)16-31-14-13-24(9-10-24)15-21(31)22(32)30-25(11-12-25)19-7-3-18(4-8-19)23(33)34;25-15-17-4-6-18(7-5-17)16-27-14-2-1-3-21(27)22(28)26-24(12-13-24)20-10-8-19(9-11-20)23(29)30/h1-8,21H,9-16H2,(H,30,32)(H,33,34);4-11,21H,1-3,12-14,16H2,(H,26,28)(H,29,30). The van der Waals surface area contributed by atoms with Gasteiger partial charge in [0.15, 0.2) is 0 Å². The molecule has 2 atom stereocenters. The molecule has 11 nitrogen and oxygen atoms in total. The molecule has 14 heteroatoms. The van der Waals surface area contributed by atoms with Gasteiger partial charge in [-0.05, 0) is 153 Å². The number of piperidine rings is 2. The predicted molar refractivity (Wildman–Crippen MR) is 231 cm³/mol. The van der Waals surface area contributed by atoms with Gasteiger partial charge in [-0.1, -0.05) is 55.0 Å². The van der Waals surface area contributed by atoms with Gasteiger partial charge < -0.3 is 20.8 Å². The number of benzene rings is 4. The molecular formula is C50H52F3N5O6. The van der Waals surface area contributed by atoms with Gasteiger partial charge in [0.2, 0.25) is 11.8 Å². The number of rotatable bonds is 12. The zero-order valence-electron chi connectivity index (χ0n) is 35.5. The second-order valence-electron chi connectivity index (χ2n) is 18.3. The van der Waals surface area contributed by atoms with Crippen molar-refractivity contribution in [3.8, 4) is 6.07 Å². The van der Waals surface area contributed by atoms with Crippen LogP contribution in [0.4, 0.5) is 13.2 Å². The maximum absolute atomic E-state index is 13.5. The van der Waals surface area contributed by atoms with Gasteiger partial charge in [0.05, 0.1) is 51.5 Å². The molecule has 2 amide bonds. The van der Waals surface area contributed by atoms with E-state index in [9.17, 15) is 32.3 Å². The minimum absolute atomic E-state index is 0.0446. The van der Waals surface area contributed by atoms with Gasteiger partial charge in [0.25, 0.3) is 0 Å². The van der Waals surface area contributed by atoms with Gasteiger partial charge >= 0.3 is 18.1 Å². The Morgan fingerprint density at radius 3 is 1.53 bits per heavy atom. The normalized spacial score (nSPS) is 21.6. The number of carboxylic acid groups (broad SMARTS) is 2. The molecule has 0 aromatic heterocycles. The van der Waals surface area contributed by atoms with Crippen LogP contribution in [0, 0.1) is 16.7 Å². The molecule has 2 aliphatic heterocycles. The summed E-state index contributed by atoms with van der Waals surface area (Å²) in [7, 11) is 0. The summed E-state index contributed by atoms with van der Waals surface area (Å²) in [4.78, 5) is 53.3. The van der Waals surface area contributed by atoms with E-state index < -0.39 is 29.2 Å². The quantitative estimate of drug-likeness (QED) is 0.110. The first-order valence-electron chi connectivity index (χ1n) is 22.1. The summed E-state index contributed by atoms with van der Waals surface area (Å²) in [5.74, 6) is -1.95.